The van der Waals surface area contributed by atoms with Gasteiger partial charge >= 0.3 is 5.97 Å². The third kappa shape index (κ3) is 5.04. The van der Waals surface area contributed by atoms with Crippen LogP contribution in [-0.4, -0.2) is 36.2 Å². The lowest BCUT2D eigenvalue weighted by Gasteiger charge is -2.25. The van der Waals surface area contributed by atoms with Gasteiger partial charge in [0.25, 0.3) is 0 Å². The van der Waals surface area contributed by atoms with Gasteiger partial charge in [-0.25, -0.2) is 4.39 Å². The number of nitrogens with zero attached hydrogens (tertiary/aromatic N) is 1. The van der Waals surface area contributed by atoms with Crippen molar-refractivity contribution in [2.24, 2.45) is 0 Å². The number of aromatic nitrogens is 1. The Kier molecular flexibility index (Phi) is 7.41. The first-order valence-corrected chi connectivity index (χ1v) is 11.8. The fourth-order valence-electron chi connectivity index (χ4n) is 4.79. The van der Waals surface area contributed by atoms with Crippen LogP contribution in [-0.2, 0) is 40.1 Å². The molecule has 0 saturated carbocycles. The Labute approximate surface area is 203 Å². The molecule has 1 unspecified atom stereocenters. The third-order valence-electron chi connectivity index (χ3n) is 6.25. The van der Waals surface area contributed by atoms with E-state index in [1.165, 1.54) is 12.1 Å². The highest BCUT2D eigenvalue weighted by Gasteiger charge is 2.28. The van der Waals surface area contributed by atoms with E-state index in [0.29, 0.717) is 43.0 Å². The number of methoxy groups -OCH3 is 1. The Morgan fingerprint density at radius 1 is 1.26 bits per heavy atom. The smallest absolute Gasteiger partial charge is 0.325 e. The number of nitrogens with one attached hydrogen (secondary N) is 1. The number of fused-ring (bicyclic) bond motifs is 3. The SMILES string of the molecule is CCOC(=O)Cn1c2c(c3cc(F)cc(Cl)c31)CC(NC(=O)CCc1ccccc1OC)CC2. The minimum Gasteiger partial charge on any atom is -0.496 e. The minimum absolute atomic E-state index is 0.0148. The molecule has 3 aromatic rings. The Hall–Kier alpha value is -3.06. The quantitative estimate of drug-likeness (QED) is 0.472. The number of rotatable bonds is 8. The molecule has 1 N–H and O–H groups in total. The lowest BCUT2D eigenvalue weighted by Crippen LogP contribution is -2.39. The van der Waals surface area contributed by atoms with Crippen LogP contribution in [0.5, 0.6) is 5.75 Å². The first kappa shape index (κ1) is 24.1. The fraction of sp³-hybridized carbons (Fsp3) is 0.385. The van der Waals surface area contributed by atoms with Crippen LogP contribution in [0, 0.1) is 5.82 Å². The topological polar surface area (TPSA) is 69.6 Å². The van der Waals surface area contributed by atoms with Crippen LogP contribution in [0.25, 0.3) is 10.9 Å². The van der Waals surface area contributed by atoms with E-state index in [-0.39, 0.29) is 36.1 Å². The number of aryl methyl sites for hydroxylation is 1. The molecule has 0 fully saturated rings. The maximum absolute atomic E-state index is 14.2. The molecule has 180 valence electrons. The Balaban J connectivity index is 1.52. The summed E-state index contributed by atoms with van der Waals surface area (Å²) in [6.07, 6.45) is 2.82. The maximum Gasteiger partial charge on any atom is 0.325 e. The zero-order valence-electron chi connectivity index (χ0n) is 19.3. The molecular formula is C26H28ClFN2O4. The summed E-state index contributed by atoms with van der Waals surface area (Å²) < 4.78 is 26.6. The number of carbonyl (C=O) groups is 2. The Bertz CT molecular complexity index is 1220. The molecule has 1 amide bonds. The summed E-state index contributed by atoms with van der Waals surface area (Å²) in [7, 11) is 1.62. The molecule has 0 bridgehead atoms. The minimum atomic E-state index is -0.434. The monoisotopic (exact) mass is 486 g/mol. The average molecular weight is 487 g/mol. The van der Waals surface area contributed by atoms with Gasteiger partial charge in [-0.3, -0.25) is 9.59 Å². The molecular weight excluding hydrogens is 459 g/mol. The van der Waals surface area contributed by atoms with Crippen molar-refractivity contribution in [2.75, 3.05) is 13.7 Å². The summed E-state index contributed by atoms with van der Waals surface area (Å²) in [5.74, 6) is -0.0735. The van der Waals surface area contributed by atoms with E-state index in [9.17, 15) is 14.0 Å². The zero-order chi connectivity index (χ0) is 24.2. The van der Waals surface area contributed by atoms with Crippen molar-refractivity contribution in [3.8, 4) is 5.75 Å². The highest BCUT2D eigenvalue weighted by molar-refractivity contribution is 6.35. The van der Waals surface area contributed by atoms with E-state index in [1.54, 1.807) is 14.0 Å². The molecule has 0 saturated heterocycles. The molecule has 0 radical (unpaired) electrons. The molecule has 8 heteroatoms. The number of amides is 1. The number of hydrogen-bond acceptors (Lipinski definition) is 4. The van der Waals surface area contributed by atoms with Crippen LogP contribution >= 0.6 is 11.6 Å². The summed E-state index contributed by atoms with van der Waals surface area (Å²) in [5, 5.41) is 4.06. The lowest BCUT2D eigenvalue weighted by molar-refractivity contribution is -0.143. The summed E-state index contributed by atoms with van der Waals surface area (Å²) in [6, 6.07) is 10.3. The lowest BCUT2D eigenvalue weighted by atomic mass is 9.91. The van der Waals surface area contributed by atoms with Crippen LogP contribution in [0.1, 0.15) is 36.6 Å². The van der Waals surface area contributed by atoms with Gasteiger partial charge in [-0.05, 0) is 61.9 Å². The Morgan fingerprint density at radius 2 is 2.06 bits per heavy atom. The molecule has 0 aliphatic heterocycles. The van der Waals surface area contributed by atoms with Gasteiger partial charge in [0.1, 0.15) is 18.1 Å². The molecule has 6 nitrogen and oxygen atoms in total. The second kappa shape index (κ2) is 10.5. The first-order chi connectivity index (χ1) is 16.4. The van der Waals surface area contributed by atoms with Gasteiger partial charge in [0.15, 0.2) is 0 Å². The van der Waals surface area contributed by atoms with Gasteiger partial charge in [0.2, 0.25) is 5.91 Å². The molecule has 0 spiro atoms. The van der Waals surface area contributed by atoms with Crippen LogP contribution in [0.15, 0.2) is 36.4 Å². The molecule has 4 rings (SSSR count). The van der Waals surface area contributed by atoms with Gasteiger partial charge < -0.3 is 19.4 Å². The highest BCUT2D eigenvalue weighted by atomic mass is 35.5. The molecule has 2 aromatic carbocycles. The van der Waals surface area contributed by atoms with E-state index in [0.717, 1.165) is 22.6 Å². The molecule has 1 aromatic heterocycles. The van der Waals surface area contributed by atoms with Crippen LogP contribution in [0.2, 0.25) is 5.02 Å². The second-order valence-electron chi connectivity index (χ2n) is 8.42. The molecule has 1 atom stereocenters. The summed E-state index contributed by atoms with van der Waals surface area (Å²) >= 11 is 6.40. The normalized spacial score (nSPS) is 15.1. The van der Waals surface area contributed by atoms with E-state index in [2.05, 4.69) is 5.32 Å². The molecule has 1 aliphatic rings. The predicted octanol–water partition coefficient (Wildman–Crippen LogP) is 4.61. The van der Waals surface area contributed by atoms with Gasteiger partial charge in [-0.2, -0.15) is 0 Å². The van der Waals surface area contributed by atoms with Crippen molar-refractivity contribution in [2.45, 2.75) is 51.6 Å². The van der Waals surface area contributed by atoms with Crippen molar-refractivity contribution in [3.63, 3.8) is 0 Å². The van der Waals surface area contributed by atoms with E-state index in [4.69, 9.17) is 21.1 Å². The number of carbonyl (C=O) groups excluding carboxylic acids is 2. The predicted molar refractivity (Wildman–Crippen MR) is 129 cm³/mol. The number of hydrogen-bond donors (Lipinski definition) is 1. The third-order valence-corrected chi connectivity index (χ3v) is 6.54. The highest BCUT2D eigenvalue weighted by Crippen LogP contribution is 2.36. The average Bonchev–Trinajstić information content (AvgIpc) is 3.11. The molecule has 34 heavy (non-hydrogen) atoms. The maximum atomic E-state index is 14.2. The number of ether oxygens (including phenoxy) is 2. The zero-order valence-corrected chi connectivity index (χ0v) is 20.1. The fourth-order valence-corrected chi connectivity index (χ4v) is 5.10. The van der Waals surface area contributed by atoms with Crippen molar-refractivity contribution in [3.05, 3.63) is 64.1 Å². The summed E-state index contributed by atoms with van der Waals surface area (Å²) in [4.78, 5) is 24.9. The molecule has 1 aliphatic carbocycles. The van der Waals surface area contributed by atoms with Gasteiger partial charge in [-0.1, -0.05) is 29.8 Å². The van der Waals surface area contributed by atoms with Crippen LogP contribution in [0.4, 0.5) is 4.39 Å². The van der Waals surface area contributed by atoms with E-state index >= 15 is 0 Å². The van der Waals surface area contributed by atoms with Gasteiger partial charge in [0, 0.05) is 23.5 Å². The van der Waals surface area contributed by atoms with E-state index in [1.807, 2.05) is 28.8 Å². The van der Waals surface area contributed by atoms with Crippen LogP contribution < -0.4 is 10.1 Å². The van der Waals surface area contributed by atoms with Gasteiger partial charge in [0.05, 0.1) is 24.3 Å². The van der Waals surface area contributed by atoms with Crippen molar-refractivity contribution in [1.29, 1.82) is 0 Å². The summed E-state index contributed by atoms with van der Waals surface area (Å²) in [5.41, 5.74) is 3.47. The number of para-hydroxylation sites is 1. The van der Waals surface area contributed by atoms with Crippen molar-refractivity contribution in [1.82, 2.24) is 9.88 Å². The standard InChI is InChI=1S/C26H28ClFN2O4/c1-3-34-25(32)15-30-22-10-9-18(14-19(22)20-12-17(28)13-21(27)26(20)30)29-24(31)11-8-16-6-4-5-7-23(16)33-2/h4-7,12-13,18H,3,8-11,14-15H2,1-2H3,(H,29,31). The van der Waals surface area contributed by atoms with Gasteiger partial charge in [-0.15, -0.1) is 0 Å². The number of benzene rings is 2. The van der Waals surface area contributed by atoms with Crippen molar-refractivity contribution < 1.29 is 23.5 Å². The Morgan fingerprint density at radius 3 is 2.82 bits per heavy atom. The largest absolute Gasteiger partial charge is 0.496 e. The summed E-state index contributed by atoms with van der Waals surface area (Å²) in [6.45, 7) is 2.05. The van der Waals surface area contributed by atoms with Crippen LogP contribution in [0.3, 0.4) is 0 Å². The first-order valence-electron chi connectivity index (χ1n) is 11.5. The number of esters is 1. The van der Waals surface area contributed by atoms with E-state index < -0.39 is 5.82 Å². The molecule has 1 heterocycles. The van der Waals surface area contributed by atoms with Crippen molar-refractivity contribution >= 4 is 34.4 Å². The number of halogens is 2. The second-order valence-corrected chi connectivity index (χ2v) is 8.83.